The Morgan fingerprint density at radius 1 is 1.37 bits per heavy atom. The second-order valence-electron chi connectivity index (χ2n) is 4.66. The number of β-amino-alcohol motifs (C(OH)–C–C–N with tert-alkyl or cyclic N) is 1. The van der Waals surface area contributed by atoms with Gasteiger partial charge < -0.3 is 15.1 Å². The Morgan fingerprint density at radius 2 is 2.11 bits per heavy atom. The molecule has 0 aromatic heterocycles. The van der Waals surface area contributed by atoms with E-state index in [0.717, 1.165) is 11.3 Å². The summed E-state index contributed by atoms with van der Waals surface area (Å²) < 4.78 is 0. The summed E-state index contributed by atoms with van der Waals surface area (Å²) in [4.78, 5) is 24.6. The van der Waals surface area contributed by atoms with Crippen LogP contribution in [0.3, 0.4) is 0 Å². The van der Waals surface area contributed by atoms with E-state index in [-0.39, 0.29) is 31.4 Å². The molecule has 2 N–H and O–H groups in total. The Bertz CT molecular complexity index is 486. The van der Waals surface area contributed by atoms with Crippen LogP contribution in [0.25, 0.3) is 0 Å². The Labute approximate surface area is 111 Å². The highest BCUT2D eigenvalue weighted by Gasteiger charge is 2.28. The average molecular weight is 263 g/mol. The smallest absolute Gasteiger partial charge is 0.303 e. The normalized spacial score (nSPS) is 18.9. The number of hydrogen-bond acceptors (Lipinski definition) is 3. The molecule has 0 fully saturated rings. The molecule has 1 aromatic carbocycles. The van der Waals surface area contributed by atoms with Crippen molar-refractivity contribution in [1.29, 1.82) is 0 Å². The zero-order chi connectivity index (χ0) is 13.8. The number of rotatable bonds is 4. The van der Waals surface area contributed by atoms with E-state index < -0.39 is 5.97 Å². The lowest BCUT2D eigenvalue weighted by Crippen LogP contribution is -2.32. The number of fused-ring (bicyclic) bond motifs is 1. The maximum absolute atomic E-state index is 12.1. The van der Waals surface area contributed by atoms with Crippen molar-refractivity contribution in [2.75, 3.05) is 18.1 Å². The Kier molecular flexibility index (Phi) is 4.16. The third kappa shape index (κ3) is 2.93. The number of benzene rings is 1. The number of carboxylic acid groups (broad SMARTS) is 1. The minimum Gasteiger partial charge on any atom is -0.481 e. The lowest BCUT2D eigenvalue weighted by atomic mass is 9.91. The molecule has 0 bridgehead atoms. The van der Waals surface area contributed by atoms with Gasteiger partial charge in [-0.3, -0.25) is 9.59 Å². The zero-order valence-corrected chi connectivity index (χ0v) is 10.6. The molecule has 1 heterocycles. The highest BCUT2D eigenvalue weighted by Crippen LogP contribution is 2.36. The van der Waals surface area contributed by atoms with Gasteiger partial charge in [-0.05, 0) is 24.0 Å². The number of anilines is 1. The Balaban J connectivity index is 2.41. The van der Waals surface area contributed by atoms with Crippen LogP contribution in [0.1, 0.15) is 30.7 Å². The van der Waals surface area contributed by atoms with E-state index in [0.29, 0.717) is 12.8 Å². The van der Waals surface area contributed by atoms with Crippen molar-refractivity contribution in [1.82, 2.24) is 0 Å². The number of aliphatic hydroxyl groups is 1. The second-order valence-corrected chi connectivity index (χ2v) is 4.66. The molecule has 0 saturated heterocycles. The summed E-state index contributed by atoms with van der Waals surface area (Å²) >= 11 is 0. The molecular formula is C14H17NO4. The van der Waals surface area contributed by atoms with E-state index in [9.17, 15) is 9.59 Å². The molecule has 1 aliphatic rings. The van der Waals surface area contributed by atoms with Crippen molar-refractivity contribution in [3.8, 4) is 0 Å². The molecule has 5 nitrogen and oxygen atoms in total. The number of aliphatic hydroxyl groups excluding tert-OH is 1. The summed E-state index contributed by atoms with van der Waals surface area (Å²) in [5.74, 6) is -1.07. The molecule has 0 aliphatic carbocycles. The van der Waals surface area contributed by atoms with Gasteiger partial charge in [-0.15, -0.1) is 0 Å². The summed E-state index contributed by atoms with van der Waals surface area (Å²) in [6, 6.07) is 7.34. The minimum atomic E-state index is -0.858. The van der Waals surface area contributed by atoms with E-state index in [1.807, 2.05) is 24.3 Å². The van der Waals surface area contributed by atoms with Crippen LogP contribution in [0.4, 0.5) is 5.69 Å². The summed E-state index contributed by atoms with van der Waals surface area (Å²) in [6.45, 7) is 0.138. The van der Waals surface area contributed by atoms with Crippen molar-refractivity contribution in [2.45, 2.75) is 25.2 Å². The number of nitrogens with zero attached hydrogens (tertiary/aromatic N) is 1. The van der Waals surface area contributed by atoms with Crippen molar-refractivity contribution in [3.05, 3.63) is 29.8 Å². The summed E-state index contributed by atoms with van der Waals surface area (Å²) in [7, 11) is 0. The van der Waals surface area contributed by atoms with Crippen LogP contribution >= 0.6 is 0 Å². The fourth-order valence-electron chi connectivity index (χ4n) is 2.57. The van der Waals surface area contributed by atoms with Gasteiger partial charge >= 0.3 is 5.97 Å². The molecule has 1 aliphatic heterocycles. The van der Waals surface area contributed by atoms with Gasteiger partial charge in [-0.2, -0.15) is 0 Å². The number of hydrogen-bond donors (Lipinski definition) is 2. The molecule has 19 heavy (non-hydrogen) atoms. The van der Waals surface area contributed by atoms with Gasteiger partial charge in [0.15, 0.2) is 0 Å². The van der Waals surface area contributed by atoms with Gasteiger partial charge in [-0.1, -0.05) is 18.2 Å². The Morgan fingerprint density at radius 3 is 2.79 bits per heavy atom. The number of amides is 1. The number of carbonyl (C=O) groups is 2. The Hall–Kier alpha value is -1.88. The maximum atomic E-state index is 12.1. The van der Waals surface area contributed by atoms with Gasteiger partial charge in [0.25, 0.3) is 0 Å². The number of carbonyl (C=O) groups excluding carboxylic acids is 1. The van der Waals surface area contributed by atoms with Gasteiger partial charge in [-0.25, -0.2) is 0 Å². The van der Waals surface area contributed by atoms with Gasteiger partial charge in [0.2, 0.25) is 5.91 Å². The second kappa shape index (κ2) is 5.84. The van der Waals surface area contributed by atoms with Crippen LogP contribution < -0.4 is 4.90 Å². The molecule has 2 rings (SSSR count). The third-order valence-corrected chi connectivity index (χ3v) is 3.42. The van der Waals surface area contributed by atoms with Crippen molar-refractivity contribution >= 4 is 17.6 Å². The number of para-hydroxylation sites is 1. The van der Waals surface area contributed by atoms with Crippen molar-refractivity contribution in [2.24, 2.45) is 0 Å². The van der Waals surface area contributed by atoms with Gasteiger partial charge in [0.1, 0.15) is 0 Å². The lowest BCUT2D eigenvalue weighted by Gasteiger charge is -2.23. The summed E-state index contributed by atoms with van der Waals surface area (Å²) in [5.41, 5.74) is 1.61. The van der Waals surface area contributed by atoms with Gasteiger partial charge in [0, 0.05) is 18.7 Å². The van der Waals surface area contributed by atoms with E-state index in [4.69, 9.17) is 10.2 Å². The molecule has 0 radical (unpaired) electrons. The molecule has 102 valence electrons. The highest BCUT2D eigenvalue weighted by molar-refractivity contribution is 5.95. The van der Waals surface area contributed by atoms with Crippen LogP contribution in [0, 0.1) is 0 Å². The first-order valence-electron chi connectivity index (χ1n) is 6.35. The largest absolute Gasteiger partial charge is 0.481 e. The molecule has 0 spiro atoms. The van der Waals surface area contributed by atoms with Crippen LogP contribution in [-0.2, 0) is 9.59 Å². The van der Waals surface area contributed by atoms with E-state index in [2.05, 4.69) is 0 Å². The first kappa shape index (κ1) is 13.5. The molecule has 1 amide bonds. The first-order valence-corrected chi connectivity index (χ1v) is 6.35. The monoisotopic (exact) mass is 263 g/mol. The highest BCUT2D eigenvalue weighted by atomic mass is 16.4. The maximum Gasteiger partial charge on any atom is 0.303 e. The van der Waals surface area contributed by atoms with Crippen molar-refractivity contribution in [3.63, 3.8) is 0 Å². The number of aliphatic carboxylic acids is 1. The zero-order valence-electron chi connectivity index (χ0n) is 10.6. The quantitative estimate of drug-likeness (QED) is 0.860. The molecular weight excluding hydrogens is 246 g/mol. The van der Waals surface area contributed by atoms with Crippen LogP contribution in [0.2, 0.25) is 0 Å². The topological polar surface area (TPSA) is 77.8 Å². The molecule has 1 aromatic rings. The molecule has 0 saturated carbocycles. The van der Waals surface area contributed by atoms with Crippen LogP contribution in [-0.4, -0.2) is 35.2 Å². The van der Waals surface area contributed by atoms with Crippen LogP contribution in [0.5, 0.6) is 0 Å². The average Bonchev–Trinajstić information content (AvgIpc) is 2.51. The fourth-order valence-corrected chi connectivity index (χ4v) is 2.57. The fraction of sp³-hybridized carbons (Fsp3) is 0.429. The SMILES string of the molecule is O=C(O)CC1CCC(=O)N(CCO)c2ccccc21. The predicted molar refractivity (Wildman–Crippen MR) is 70.1 cm³/mol. The predicted octanol–water partition coefficient (Wildman–Crippen LogP) is 1.36. The molecule has 1 atom stereocenters. The van der Waals surface area contributed by atoms with Gasteiger partial charge in [0.05, 0.1) is 13.0 Å². The van der Waals surface area contributed by atoms with E-state index >= 15 is 0 Å². The molecule has 5 heteroatoms. The third-order valence-electron chi connectivity index (χ3n) is 3.42. The van der Waals surface area contributed by atoms with E-state index in [1.54, 1.807) is 4.90 Å². The van der Waals surface area contributed by atoms with E-state index in [1.165, 1.54) is 0 Å². The number of carboxylic acids is 1. The molecule has 1 unspecified atom stereocenters. The summed E-state index contributed by atoms with van der Waals surface area (Å²) in [6.07, 6.45) is 0.869. The minimum absolute atomic E-state index is 0.0251. The van der Waals surface area contributed by atoms with Crippen LogP contribution in [0.15, 0.2) is 24.3 Å². The standard InChI is InChI=1S/C14H17NO4/c16-8-7-15-12-4-2-1-3-11(12)10(9-14(18)19)5-6-13(15)17/h1-4,10,16H,5-9H2,(H,18,19). The first-order chi connectivity index (χ1) is 9.13. The summed E-state index contributed by atoms with van der Waals surface area (Å²) in [5, 5.41) is 18.1. The van der Waals surface area contributed by atoms with Crippen molar-refractivity contribution < 1.29 is 19.8 Å². The lowest BCUT2D eigenvalue weighted by molar-refractivity contribution is -0.137.